The van der Waals surface area contributed by atoms with Gasteiger partial charge in [0.15, 0.2) is 23.2 Å². The van der Waals surface area contributed by atoms with Crippen LogP contribution in [0, 0.1) is 5.82 Å². The molecule has 0 saturated carbocycles. The van der Waals surface area contributed by atoms with E-state index in [1.165, 1.54) is 43.5 Å². The number of fused-ring (bicyclic) bond motifs is 1. The molecule has 3 rings (SSSR count). The number of halogens is 3. The molecular weight excluding hydrogens is 365 g/mol. The zero-order valence-electron chi connectivity index (χ0n) is 15.5. The highest BCUT2D eigenvalue weighted by atomic mass is 19.2. The highest BCUT2D eigenvalue weighted by Crippen LogP contribution is 2.33. The molecule has 28 heavy (non-hydrogen) atoms. The second kappa shape index (κ2) is 8.65. The quantitative estimate of drug-likeness (QED) is 0.347. The van der Waals surface area contributed by atoms with Crippen molar-refractivity contribution in [2.24, 2.45) is 0 Å². The predicted molar refractivity (Wildman–Crippen MR) is 106 cm³/mol. The normalized spacial score (nSPS) is 12.3. The van der Waals surface area contributed by atoms with Gasteiger partial charge >= 0.3 is 0 Å². The number of hydrogen-bond donors (Lipinski definition) is 0. The first kappa shape index (κ1) is 19.5. The van der Waals surface area contributed by atoms with Crippen LogP contribution in [0.2, 0.25) is 0 Å². The van der Waals surface area contributed by atoms with Crippen LogP contribution < -0.4 is 9.47 Å². The Morgan fingerprint density at radius 3 is 2.29 bits per heavy atom. The van der Waals surface area contributed by atoms with Gasteiger partial charge in [-0.25, -0.2) is 13.2 Å². The van der Waals surface area contributed by atoms with Crippen LogP contribution >= 0.6 is 0 Å². The van der Waals surface area contributed by atoms with Crippen LogP contribution in [0.3, 0.4) is 0 Å². The van der Waals surface area contributed by atoms with Gasteiger partial charge in [-0.3, -0.25) is 0 Å². The molecule has 0 unspecified atom stereocenters. The molecule has 5 heteroatoms. The first-order valence-electron chi connectivity index (χ1n) is 8.71. The molecule has 0 fully saturated rings. The molecule has 0 saturated heterocycles. The summed E-state index contributed by atoms with van der Waals surface area (Å²) in [4.78, 5) is 0. The summed E-state index contributed by atoms with van der Waals surface area (Å²) in [7, 11) is 1.49. The van der Waals surface area contributed by atoms with Gasteiger partial charge in [0.1, 0.15) is 12.4 Å². The first-order chi connectivity index (χ1) is 13.5. The molecule has 0 bridgehead atoms. The molecule has 2 nitrogen and oxygen atoms in total. The minimum atomic E-state index is -1.01. The Hall–Kier alpha value is -3.21. The molecule has 0 aromatic heterocycles. The Bertz CT molecular complexity index is 1040. The molecule has 0 heterocycles. The summed E-state index contributed by atoms with van der Waals surface area (Å²) in [5.74, 6) is -1.88. The maximum absolute atomic E-state index is 14.7. The Balaban J connectivity index is 1.95. The molecule has 0 aliphatic heterocycles. The van der Waals surface area contributed by atoms with E-state index in [1.54, 1.807) is 30.4 Å². The maximum atomic E-state index is 14.7. The van der Waals surface area contributed by atoms with E-state index in [0.717, 1.165) is 0 Å². The highest BCUT2D eigenvalue weighted by molar-refractivity contribution is 5.91. The van der Waals surface area contributed by atoms with E-state index >= 15 is 0 Å². The average Bonchev–Trinajstić information content (AvgIpc) is 2.74. The highest BCUT2D eigenvalue weighted by Gasteiger charge is 2.14. The fourth-order valence-corrected chi connectivity index (χ4v) is 2.74. The fraction of sp³-hybridized carbons (Fsp3) is 0.130. The van der Waals surface area contributed by atoms with Gasteiger partial charge in [-0.05, 0) is 48.7 Å². The summed E-state index contributed by atoms with van der Waals surface area (Å²) in [5.41, 5.74) is 0.125. The van der Waals surface area contributed by atoms with Crippen LogP contribution in [0.25, 0.3) is 22.4 Å². The Morgan fingerprint density at radius 1 is 0.929 bits per heavy atom. The minimum absolute atomic E-state index is 0.0304. The molecule has 0 radical (unpaired) electrons. The third-order valence-corrected chi connectivity index (χ3v) is 4.28. The fourth-order valence-electron chi connectivity index (χ4n) is 2.74. The number of rotatable bonds is 6. The zero-order chi connectivity index (χ0) is 20.1. The molecule has 0 amide bonds. The largest absolute Gasteiger partial charge is 0.497 e. The van der Waals surface area contributed by atoms with E-state index in [4.69, 9.17) is 9.47 Å². The van der Waals surface area contributed by atoms with Crippen molar-refractivity contribution in [1.29, 1.82) is 0 Å². The summed E-state index contributed by atoms with van der Waals surface area (Å²) < 4.78 is 54.1. The van der Waals surface area contributed by atoms with Crippen molar-refractivity contribution in [3.8, 4) is 11.5 Å². The molecule has 0 aliphatic carbocycles. The number of ether oxygens (including phenoxy) is 2. The lowest BCUT2D eigenvalue weighted by molar-refractivity contribution is 0.343. The van der Waals surface area contributed by atoms with Crippen LogP contribution in [-0.2, 0) is 0 Å². The van der Waals surface area contributed by atoms with E-state index in [9.17, 15) is 13.2 Å². The van der Waals surface area contributed by atoms with Crippen molar-refractivity contribution >= 4 is 22.4 Å². The topological polar surface area (TPSA) is 18.5 Å². The SMILES string of the molecule is CC=CCOc1ccc2cc(C(F)=C(F)c3ccc(OC)cc3)ccc2c1F. The monoisotopic (exact) mass is 384 g/mol. The first-order valence-corrected chi connectivity index (χ1v) is 8.71. The number of benzene rings is 3. The molecule has 3 aromatic carbocycles. The molecule has 3 aromatic rings. The van der Waals surface area contributed by atoms with Crippen LogP contribution in [0.4, 0.5) is 13.2 Å². The second-order valence-electron chi connectivity index (χ2n) is 6.05. The van der Waals surface area contributed by atoms with E-state index in [0.29, 0.717) is 11.1 Å². The second-order valence-corrected chi connectivity index (χ2v) is 6.05. The van der Waals surface area contributed by atoms with Crippen molar-refractivity contribution < 1.29 is 22.6 Å². The predicted octanol–water partition coefficient (Wildman–Crippen LogP) is 6.71. The van der Waals surface area contributed by atoms with Gasteiger partial charge in [-0.2, -0.15) is 0 Å². The van der Waals surface area contributed by atoms with Crippen molar-refractivity contribution in [2.45, 2.75) is 6.92 Å². The van der Waals surface area contributed by atoms with E-state index < -0.39 is 17.5 Å². The van der Waals surface area contributed by atoms with Crippen LogP contribution in [0.1, 0.15) is 18.1 Å². The van der Waals surface area contributed by atoms with Gasteiger partial charge in [0.25, 0.3) is 0 Å². The van der Waals surface area contributed by atoms with Crippen LogP contribution in [0.5, 0.6) is 11.5 Å². The van der Waals surface area contributed by atoms with Gasteiger partial charge in [0, 0.05) is 16.5 Å². The Morgan fingerprint density at radius 2 is 1.61 bits per heavy atom. The van der Waals surface area contributed by atoms with Crippen molar-refractivity contribution in [1.82, 2.24) is 0 Å². The summed E-state index contributed by atoms with van der Waals surface area (Å²) in [6.45, 7) is 2.09. The van der Waals surface area contributed by atoms with Crippen LogP contribution in [-0.4, -0.2) is 13.7 Å². The summed E-state index contributed by atoms with van der Waals surface area (Å²) in [5, 5.41) is 0.727. The summed E-state index contributed by atoms with van der Waals surface area (Å²) in [6, 6.07) is 13.2. The van der Waals surface area contributed by atoms with Crippen LogP contribution in [0.15, 0.2) is 66.7 Å². The Labute approximate surface area is 161 Å². The van der Waals surface area contributed by atoms with Gasteiger partial charge < -0.3 is 9.47 Å². The third kappa shape index (κ3) is 4.03. The molecule has 0 N–H and O–H groups in total. The molecule has 0 spiro atoms. The maximum Gasteiger partial charge on any atom is 0.172 e. The minimum Gasteiger partial charge on any atom is -0.497 e. The number of methoxy groups -OCH3 is 1. The van der Waals surface area contributed by atoms with E-state index in [1.807, 2.05) is 6.92 Å². The third-order valence-electron chi connectivity index (χ3n) is 4.28. The lowest BCUT2D eigenvalue weighted by atomic mass is 10.0. The van der Waals surface area contributed by atoms with E-state index in [2.05, 4.69) is 0 Å². The summed E-state index contributed by atoms with van der Waals surface area (Å²) in [6.07, 6.45) is 3.56. The molecule has 144 valence electrons. The number of hydrogen-bond acceptors (Lipinski definition) is 2. The Kier molecular flexibility index (Phi) is 6.04. The van der Waals surface area contributed by atoms with E-state index in [-0.39, 0.29) is 28.9 Å². The van der Waals surface area contributed by atoms with Crippen molar-refractivity contribution in [2.75, 3.05) is 13.7 Å². The van der Waals surface area contributed by atoms with Crippen molar-refractivity contribution in [3.63, 3.8) is 0 Å². The zero-order valence-corrected chi connectivity index (χ0v) is 15.5. The number of allylic oxidation sites excluding steroid dienone is 1. The standard InChI is InChI=1S/C23H19F3O2/c1-3-4-13-28-20-12-8-16-14-17(7-11-19(16)23(20)26)22(25)21(24)15-5-9-18(27-2)10-6-15/h3-12,14H,13H2,1-2H3. The molecule has 0 atom stereocenters. The summed E-state index contributed by atoms with van der Waals surface area (Å²) >= 11 is 0. The smallest absolute Gasteiger partial charge is 0.172 e. The average molecular weight is 384 g/mol. The molecular formula is C23H19F3O2. The lowest BCUT2D eigenvalue weighted by Gasteiger charge is -2.09. The van der Waals surface area contributed by atoms with Gasteiger partial charge in [-0.1, -0.05) is 30.4 Å². The molecule has 0 aliphatic rings. The van der Waals surface area contributed by atoms with Gasteiger partial charge in [-0.15, -0.1) is 0 Å². The van der Waals surface area contributed by atoms with Crippen molar-refractivity contribution in [3.05, 3.63) is 83.7 Å². The lowest BCUT2D eigenvalue weighted by Crippen LogP contribution is -1.96. The van der Waals surface area contributed by atoms with Gasteiger partial charge in [0.2, 0.25) is 0 Å². The van der Waals surface area contributed by atoms with Gasteiger partial charge in [0.05, 0.1) is 7.11 Å².